The third kappa shape index (κ3) is 8.64. The molecule has 312 valence electrons. The van der Waals surface area contributed by atoms with Crippen LogP contribution in [0.4, 0.5) is 0 Å². The minimum atomic E-state index is -3.91. The largest absolute Gasteiger partial charge is 0.496 e. The Morgan fingerprint density at radius 3 is 2.59 bits per heavy atom. The summed E-state index contributed by atoms with van der Waals surface area (Å²) in [6.45, 7) is 8.10. The number of ether oxygens (including phenoxy) is 3. The topological polar surface area (TPSA) is 200 Å². The zero-order valence-corrected chi connectivity index (χ0v) is 34.5. The van der Waals surface area contributed by atoms with Gasteiger partial charge in [-0.15, -0.1) is 0 Å². The van der Waals surface area contributed by atoms with Gasteiger partial charge in [0.25, 0.3) is 11.8 Å². The van der Waals surface area contributed by atoms with E-state index in [0.29, 0.717) is 66.9 Å². The molecule has 4 amide bonds. The number of methoxy groups -OCH3 is 1. The van der Waals surface area contributed by atoms with Crippen LogP contribution in [0.1, 0.15) is 94.6 Å². The van der Waals surface area contributed by atoms with E-state index in [-0.39, 0.29) is 31.2 Å². The number of sulfonamides is 1. The summed E-state index contributed by atoms with van der Waals surface area (Å²) in [5, 5.41) is 10.2. The van der Waals surface area contributed by atoms with Crippen LogP contribution in [0.5, 0.6) is 17.4 Å². The molecule has 0 bridgehead atoms. The lowest BCUT2D eigenvalue weighted by Gasteiger charge is -2.29. The number of carbonyl (C=O) groups is 4. The van der Waals surface area contributed by atoms with Crippen molar-refractivity contribution in [3.8, 4) is 17.4 Å². The molecule has 17 heteroatoms. The highest BCUT2D eigenvalue weighted by Crippen LogP contribution is 2.46. The summed E-state index contributed by atoms with van der Waals surface area (Å²) in [6, 6.07) is 4.80. The molecule has 16 nitrogen and oxygen atoms in total. The molecule has 0 spiro atoms. The van der Waals surface area contributed by atoms with Crippen LogP contribution >= 0.6 is 0 Å². The van der Waals surface area contributed by atoms with Gasteiger partial charge in [0.15, 0.2) is 0 Å². The van der Waals surface area contributed by atoms with Crippen LogP contribution in [0.3, 0.4) is 0 Å². The summed E-state index contributed by atoms with van der Waals surface area (Å²) in [5.74, 6) is -1.46. The molecule has 1 aromatic carbocycles. The first-order valence-electron chi connectivity index (χ1n) is 20.2. The zero-order chi connectivity index (χ0) is 41.4. The lowest BCUT2D eigenvalue weighted by molar-refractivity contribution is -0.141. The van der Waals surface area contributed by atoms with Gasteiger partial charge in [0, 0.05) is 42.1 Å². The quantitative estimate of drug-likeness (QED) is 0.238. The van der Waals surface area contributed by atoms with Gasteiger partial charge in [-0.1, -0.05) is 25.0 Å². The van der Waals surface area contributed by atoms with Crippen LogP contribution in [0.15, 0.2) is 42.6 Å². The van der Waals surface area contributed by atoms with Crippen molar-refractivity contribution in [3.05, 3.63) is 53.9 Å². The average Bonchev–Trinajstić information content (AvgIpc) is 4.06. The monoisotopic (exact) mass is 819 g/mol. The highest BCUT2D eigenvalue weighted by atomic mass is 32.2. The van der Waals surface area contributed by atoms with Crippen LogP contribution in [-0.4, -0.2) is 100 Å². The minimum absolute atomic E-state index is 0.0222. The molecule has 4 heterocycles. The Bertz CT molecular complexity index is 2220. The van der Waals surface area contributed by atoms with E-state index in [1.807, 2.05) is 52.0 Å². The van der Waals surface area contributed by atoms with Gasteiger partial charge in [-0.3, -0.25) is 28.6 Å². The van der Waals surface area contributed by atoms with Gasteiger partial charge >= 0.3 is 0 Å². The van der Waals surface area contributed by atoms with Crippen molar-refractivity contribution in [2.75, 3.05) is 13.7 Å². The maximum atomic E-state index is 14.7. The third-order valence-electron chi connectivity index (χ3n) is 11.3. The van der Waals surface area contributed by atoms with Crippen molar-refractivity contribution in [1.29, 1.82) is 0 Å². The molecule has 2 aromatic heterocycles. The van der Waals surface area contributed by atoms with Gasteiger partial charge in [-0.25, -0.2) is 13.4 Å². The number of aryl methyl sites for hydroxylation is 2. The fraction of sp³-hybridized carbons (Fsp3) is 0.561. The van der Waals surface area contributed by atoms with Gasteiger partial charge in [-0.2, -0.15) is 5.10 Å². The predicted octanol–water partition coefficient (Wildman–Crippen LogP) is 3.71. The maximum Gasteiger partial charge on any atom is 0.272 e. The van der Waals surface area contributed by atoms with Gasteiger partial charge in [0.05, 0.1) is 30.5 Å². The highest BCUT2D eigenvalue weighted by Gasteiger charge is 2.62. The number of allylic oxidation sites excluding steroid dienone is 1. The fourth-order valence-electron chi connectivity index (χ4n) is 7.90. The summed E-state index contributed by atoms with van der Waals surface area (Å²) in [5.41, 5.74) is 0.0212. The van der Waals surface area contributed by atoms with E-state index < -0.39 is 68.5 Å². The number of benzene rings is 1. The van der Waals surface area contributed by atoms with E-state index in [0.717, 1.165) is 18.4 Å². The smallest absolute Gasteiger partial charge is 0.272 e. The first kappa shape index (κ1) is 41.0. The lowest BCUT2D eigenvalue weighted by Crippen LogP contribution is -2.58. The third-order valence-corrected chi connectivity index (χ3v) is 13.2. The number of nitrogens with one attached hydrogen (secondary N) is 3. The number of nitrogens with zero attached hydrogens (tertiary/aromatic N) is 4. The second-order valence-corrected chi connectivity index (χ2v) is 18.0. The second-order valence-electron chi connectivity index (χ2n) is 16.0. The van der Waals surface area contributed by atoms with E-state index >= 15 is 0 Å². The number of hydrogen-bond acceptors (Lipinski definition) is 11. The summed E-state index contributed by atoms with van der Waals surface area (Å²) in [7, 11) is -2.33. The number of amides is 4. The standard InChI is InChI=1S/C41H53N7O9S/c1-6-47-19-18-30(45-47)37(49)42-31-13-11-9-7-8-10-12-26-22-41(26,40(52)46-58(53,54)28-14-15-28)44-38(50)32-20-27(23-48(32)39(31)51)57-34-21-35(56-24(2)3)43-36-25(4)33(55-5)17-16-29(34)36/h10,12,16-19,21,24,26-28,31-32H,6-9,11,13-15,20,22-23H2,1-5H3,(H,42,49)(H,44,50)(H,46,52). The maximum absolute atomic E-state index is 14.7. The summed E-state index contributed by atoms with van der Waals surface area (Å²) in [4.78, 5) is 62.8. The second kappa shape index (κ2) is 16.6. The molecule has 3 aromatic rings. The molecule has 1 saturated heterocycles. The Labute approximate surface area is 338 Å². The van der Waals surface area contributed by atoms with Crippen molar-refractivity contribution < 1.29 is 41.8 Å². The van der Waals surface area contributed by atoms with Crippen LogP contribution in [0.25, 0.3) is 10.9 Å². The molecule has 5 unspecified atom stereocenters. The van der Waals surface area contributed by atoms with Crippen LogP contribution in [0, 0.1) is 12.8 Å². The molecule has 0 radical (unpaired) electrons. The Kier molecular flexibility index (Phi) is 11.7. The van der Waals surface area contributed by atoms with Crippen molar-refractivity contribution in [2.45, 2.75) is 127 Å². The number of carbonyl (C=O) groups excluding carboxylic acids is 4. The number of fused-ring (bicyclic) bond motifs is 3. The predicted molar refractivity (Wildman–Crippen MR) is 214 cm³/mol. The van der Waals surface area contributed by atoms with E-state index in [9.17, 15) is 27.6 Å². The number of hydrogen-bond donors (Lipinski definition) is 3. The average molecular weight is 820 g/mol. The number of pyridine rings is 1. The molecule has 58 heavy (non-hydrogen) atoms. The SMILES string of the molecule is CCn1ccc(C(=O)NC2CCCCCC=CC3CC3(C(=O)NS(=O)(=O)C3CC3)NC(=O)C3CC(Oc4cc(OC(C)C)nc5c(C)c(OC)ccc45)CN3C2=O)n1. The van der Waals surface area contributed by atoms with E-state index in [4.69, 9.17) is 19.2 Å². The molecule has 3 fully saturated rings. The molecule has 7 rings (SSSR count). The Balaban J connectivity index is 1.23. The fourth-order valence-corrected chi connectivity index (χ4v) is 9.26. The van der Waals surface area contributed by atoms with Gasteiger partial charge in [0.1, 0.15) is 40.9 Å². The summed E-state index contributed by atoms with van der Waals surface area (Å²) >= 11 is 0. The Morgan fingerprint density at radius 1 is 1.09 bits per heavy atom. The number of aromatic nitrogens is 3. The molecule has 3 N–H and O–H groups in total. The van der Waals surface area contributed by atoms with Gasteiger partial charge < -0.3 is 29.7 Å². The normalized spacial score (nSPS) is 25.2. The summed E-state index contributed by atoms with van der Waals surface area (Å²) in [6.07, 6.45) is 8.96. The lowest BCUT2D eigenvalue weighted by atomic mass is 10.0. The van der Waals surface area contributed by atoms with Crippen LogP contribution < -0.4 is 29.6 Å². The van der Waals surface area contributed by atoms with Crippen LogP contribution in [0.2, 0.25) is 0 Å². The van der Waals surface area contributed by atoms with Crippen LogP contribution in [-0.2, 0) is 31.0 Å². The molecule has 4 aliphatic rings. The van der Waals surface area contributed by atoms with Crippen molar-refractivity contribution in [1.82, 2.24) is 35.0 Å². The first-order chi connectivity index (χ1) is 27.7. The summed E-state index contributed by atoms with van der Waals surface area (Å²) < 4.78 is 47.9. The van der Waals surface area contributed by atoms with Crippen molar-refractivity contribution in [3.63, 3.8) is 0 Å². The molecular weight excluding hydrogens is 767 g/mol. The minimum Gasteiger partial charge on any atom is -0.496 e. The Hall–Kier alpha value is -5.19. The zero-order valence-electron chi connectivity index (χ0n) is 33.7. The highest BCUT2D eigenvalue weighted by molar-refractivity contribution is 7.91. The first-order valence-corrected chi connectivity index (χ1v) is 21.8. The van der Waals surface area contributed by atoms with Crippen molar-refractivity contribution >= 4 is 44.6 Å². The molecule has 2 saturated carbocycles. The molecule has 2 aliphatic heterocycles. The van der Waals surface area contributed by atoms with Gasteiger partial charge in [0.2, 0.25) is 27.7 Å². The van der Waals surface area contributed by atoms with E-state index in [1.54, 1.807) is 30.1 Å². The van der Waals surface area contributed by atoms with E-state index in [1.165, 1.54) is 4.90 Å². The molecule has 5 atom stereocenters. The van der Waals surface area contributed by atoms with Crippen molar-refractivity contribution in [2.24, 2.45) is 5.92 Å². The van der Waals surface area contributed by atoms with E-state index in [2.05, 4.69) is 20.5 Å². The molecule has 2 aliphatic carbocycles. The Morgan fingerprint density at radius 2 is 1.88 bits per heavy atom. The van der Waals surface area contributed by atoms with Gasteiger partial charge in [-0.05, 0) is 84.4 Å². The number of rotatable bonds is 11. The molecular formula is C41H53N7O9S.